The molecular formula is C20H25N5O2. The Morgan fingerprint density at radius 2 is 1.93 bits per heavy atom. The van der Waals surface area contributed by atoms with Crippen LogP contribution in [0.15, 0.2) is 30.6 Å². The molecule has 0 aliphatic carbocycles. The molecule has 4 heterocycles. The van der Waals surface area contributed by atoms with Crippen molar-refractivity contribution in [1.82, 2.24) is 19.9 Å². The molecule has 1 unspecified atom stereocenters. The molecule has 7 heteroatoms. The van der Waals surface area contributed by atoms with Gasteiger partial charge >= 0.3 is 0 Å². The standard InChI is InChI=1S/C20H25N5O2/c1-15-13-18(23-19(22-15)16-4-6-21-7-5-16)25-8-2-3-17(14-25)20(26)24-9-11-27-12-10-24/h4-7,13,17H,2-3,8-12,14H2,1H3. The number of hydrogen-bond acceptors (Lipinski definition) is 6. The number of nitrogens with zero attached hydrogens (tertiary/aromatic N) is 5. The van der Waals surface area contributed by atoms with E-state index in [1.807, 2.05) is 30.0 Å². The highest BCUT2D eigenvalue weighted by Gasteiger charge is 2.30. The predicted molar refractivity (Wildman–Crippen MR) is 102 cm³/mol. The maximum Gasteiger partial charge on any atom is 0.227 e. The van der Waals surface area contributed by atoms with E-state index < -0.39 is 0 Å². The average Bonchev–Trinajstić information content (AvgIpc) is 2.74. The van der Waals surface area contributed by atoms with Gasteiger partial charge in [0.15, 0.2) is 5.82 Å². The molecule has 0 aromatic carbocycles. The van der Waals surface area contributed by atoms with Crippen LogP contribution in [0.1, 0.15) is 18.5 Å². The number of anilines is 1. The van der Waals surface area contributed by atoms with Crippen molar-refractivity contribution < 1.29 is 9.53 Å². The second-order valence-electron chi connectivity index (χ2n) is 7.15. The Labute approximate surface area is 159 Å². The first kappa shape index (κ1) is 17.9. The van der Waals surface area contributed by atoms with Gasteiger partial charge in [0.1, 0.15) is 5.82 Å². The zero-order valence-corrected chi connectivity index (χ0v) is 15.7. The van der Waals surface area contributed by atoms with Crippen LogP contribution in [0.3, 0.4) is 0 Å². The molecular weight excluding hydrogens is 342 g/mol. The maximum absolute atomic E-state index is 12.9. The van der Waals surface area contributed by atoms with Crippen LogP contribution in [-0.4, -0.2) is 65.2 Å². The van der Waals surface area contributed by atoms with Gasteiger partial charge in [-0.25, -0.2) is 9.97 Å². The van der Waals surface area contributed by atoms with Crippen molar-refractivity contribution in [1.29, 1.82) is 0 Å². The molecule has 2 saturated heterocycles. The number of carbonyl (C=O) groups excluding carboxylic acids is 1. The van der Waals surface area contributed by atoms with Crippen LogP contribution in [0.2, 0.25) is 0 Å². The van der Waals surface area contributed by atoms with Crippen LogP contribution in [-0.2, 0) is 9.53 Å². The van der Waals surface area contributed by atoms with Crippen molar-refractivity contribution in [2.24, 2.45) is 5.92 Å². The Morgan fingerprint density at radius 1 is 1.15 bits per heavy atom. The number of ether oxygens (including phenoxy) is 1. The first-order valence-electron chi connectivity index (χ1n) is 9.58. The topological polar surface area (TPSA) is 71.5 Å². The van der Waals surface area contributed by atoms with Crippen molar-refractivity contribution in [2.75, 3.05) is 44.3 Å². The van der Waals surface area contributed by atoms with Crippen molar-refractivity contribution in [3.63, 3.8) is 0 Å². The summed E-state index contributed by atoms with van der Waals surface area (Å²) in [5.41, 5.74) is 1.88. The van der Waals surface area contributed by atoms with Crippen LogP contribution in [0, 0.1) is 12.8 Å². The number of piperidine rings is 1. The van der Waals surface area contributed by atoms with Crippen LogP contribution in [0.5, 0.6) is 0 Å². The van der Waals surface area contributed by atoms with E-state index in [4.69, 9.17) is 9.72 Å². The van der Waals surface area contributed by atoms with Gasteiger partial charge < -0.3 is 14.5 Å². The van der Waals surface area contributed by atoms with E-state index in [0.717, 1.165) is 36.5 Å². The number of pyridine rings is 1. The first-order valence-corrected chi connectivity index (χ1v) is 9.58. The number of aryl methyl sites for hydroxylation is 1. The highest BCUT2D eigenvalue weighted by Crippen LogP contribution is 2.26. The number of carbonyl (C=O) groups is 1. The lowest BCUT2D eigenvalue weighted by atomic mass is 9.96. The van der Waals surface area contributed by atoms with Gasteiger partial charge in [-0.15, -0.1) is 0 Å². The number of hydrogen-bond donors (Lipinski definition) is 0. The van der Waals surface area contributed by atoms with Crippen LogP contribution < -0.4 is 4.90 Å². The molecule has 0 spiro atoms. The second kappa shape index (κ2) is 8.00. The summed E-state index contributed by atoms with van der Waals surface area (Å²) >= 11 is 0. The zero-order chi connectivity index (χ0) is 18.6. The molecule has 2 aliphatic heterocycles. The van der Waals surface area contributed by atoms with Crippen LogP contribution >= 0.6 is 0 Å². The van der Waals surface area contributed by atoms with Crippen LogP contribution in [0.4, 0.5) is 5.82 Å². The van der Waals surface area contributed by atoms with E-state index in [9.17, 15) is 4.79 Å². The van der Waals surface area contributed by atoms with Gasteiger partial charge in [0, 0.05) is 55.9 Å². The van der Waals surface area contributed by atoms with Gasteiger partial charge in [-0.3, -0.25) is 9.78 Å². The Hall–Kier alpha value is -2.54. The molecule has 7 nitrogen and oxygen atoms in total. The van der Waals surface area contributed by atoms with E-state index in [-0.39, 0.29) is 11.8 Å². The molecule has 4 rings (SSSR count). The minimum absolute atomic E-state index is 0.0245. The fourth-order valence-corrected chi connectivity index (χ4v) is 3.77. The number of amides is 1. The lowest BCUT2D eigenvalue weighted by Crippen LogP contribution is -2.48. The van der Waals surface area contributed by atoms with Crippen molar-refractivity contribution in [2.45, 2.75) is 19.8 Å². The summed E-state index contributed by atoms with van der Waals surface area (Å²) < 4.78 is 5.37. The Balaban J connectivity index is 1.52. The van der Waals surface area contributed by atoms with E-state index in [1.165, 1.54) is 0 Å². The van der Waals surface area contributed by atoms with Gasteiger partial charge in [0.25, 0.3) is 0 Å². The molecule has 2 fully saturated rings. The smallest absolute Gasteiger partial charge is 0.227 e. The quantitative estimate of drug-likeness (QED) is 0.825. The largest absolute Gasteiger partial charge is 0.378 e. The monoisotopic (exact) mass is 367 g/mol. The summed E-state index contributed by atoms with van der Waals surface area (Å²) in [6.07, 6.45) is 5.43. The minimum atomic E-state index is 0.0245. The minimum Gasteiger partial charge on any atom is -0.378 e. The van der Waals surface area contributed by atoms with Gasteiger partial charge in [-0.2, -0.15) is 0 Å². The van der Waals surface area contributed by atoms with Crippen LogP contribution in [0.25, 0.3) is 11.4 Å². The molecule has 1 atom stereocenters. The molecule has 2 aromatic rings. The summed E-state index contributed by atoms with van der Waals surface area (Å²) in [4.78, 5) is 30.5. The lowest BCUT2D eigenvalue weighted by Gasteiger charge is -2.36. The molecule has 2 aromatic heterocycles. The lowest BCUT2D eigenvalue weighted by molar-refractivity contribution is -0.139. The first-order chi connectivity index (χ1) is 13.2. The third-order valence-corrected chi connectivity index (χ3v) is 5.20. The van der Waals surface area contributed by atoms with Crippen molar-refractivity contribution >= 4 is 11.7 Å². The third-order valence-electron chi connectivity index (χ3n) is 5.20. The third kappa shape index (κ3) is 4.08. The Bertz CT molecular complexity index is 792. The summed E-state index contributed by atoms with van der Waals surface area (Å²) in [5.74, 6) is 1.88. The maximum atomic E-state index is 12.9. The van der Waals surface area contributed by atoms with Gasteiger partial charge in [0.05, 0.1) is 19.1 Å². The Morgan fingerprint density at radius 3 is 2.70 bits per heavy atom. The zero-order valence-electron chi connectivity index (χ0n) is 15.7. The molecule has 1 amide bonds. The van der Waals surface area contributed by atoms with E-state index in [0.29, 0.717) is 38.7 Å². The van der Waals surface area contributed by atoms with E-state index in [1.54, 1.807) is 12.4 Å². The molecule has 2 aliphatic rings. The van der Waals surface area contributed by atoms with Crippen molar-refractivity contribution in [3.05, 3.63) is 36.3 Å². The van der Waals surface area contributed by atoms with Crippen molar-refractivity contribution in [3.8, 4) is 11.4 Å². The molecule has 27 heavy (non-hydrogen) atoms. The SMILES string of the molecule is Cc1cc(N2CCCC(C(=O)N3CCOCC3)C2)nc(-c2ccncc2)n1. The molecule has 0 N–H and O–H groups in total. The fourth-order valence-electron chi connectivity index (χ4n) is 3.77. The van der Waals surface area contributed by atoms with Gasteiger partial charge in [-0.1, -0.05) is 0 Å². The molecule has 142 valence electrons. The normalized spacial score (nSPS) is 20.6. The van der Waals surface area contributed by atoms with E-state index >= 15 is 0 Å². The second-order valence-corrected chi connectivity index (χ2v) is 7.15. The predicted octanol–water partition coefficient (Wildman–Crippen LogP) is 1.92. The number of morpholine rings is 1. The molecule has 0 bridgehead atoms. The number of rotatable bonds is 3. The highest BCUT2D eigenvalue weighted by molar-refractivity contribution is 5.80. The number of aromatic nitrogens is 3. The summed E-state index contributed by atoms with van der Waals surface area (Å²) in [6.45, 7) is 6.30. The summed E-state index contributed by atoms with van der Waals surface area (Å²) in [7, 11) is 0. The highest BCUT2D eigenvalue weighted by atomic mass is 16.5. The summed E-state index contributed by atoms with van der Waals surface area (Å²) in [6, 6.07) is 5.84. The molecule has 0 radical (unpaired) electrons. The Kier molecular flexibility index (Phi) is 5.29. The van der Waals surface area contributed by atoms with Gasteiger partial charge in [0.2, 0.25) is 5.91 Å². The average molecular weight is 367 g/mol. The van der Waals surface area contributed by atoms with Gasteiger partial charge in [-0.05, 0) is 31.9 Å². The van der Waals surface area contributed by atoms with E-state index in [2.05, 4.69) is 14.9 Å². The summed E-state index contributed by atoms with van der Waals surface area (Å²) in [5, 5.41) is 0. The fraction of sp³-hybridized carbons (Fsp3) is 0.500. The molecule has 0 saturated carbocycles.